The summed E-state index contributed by atoms with van der Waals surface area (Å²) in [6.07, 6.45) is 5.82. The molecule has 1 unspecified atom stereocenters. The van der Waals surface area contributed by atoms with Gasteiger partial charge in [-0.05, 0) is 96.2 Å². The zero-order chi connectivity index (χ0) is 46.6. The molecular formula is C47H56ClFN10O7. The number of aromatic nitrogens is 3. The molecule has 17 nitrogen and oxygen atoms in total. The number of halogens is 2. The van der Waals surface area contributed by atoms with E-state index in [9.17, 15) is 24.0 Å². The second-order valence-corrected chi connectivity index (χ2v) is 18.7. The van der Waals surface area contributed by atoms with Gasteiger partial charge in [0.2, 0.25) is 17.8 Å². The third kappa shape index (κ3) is 8.65. The van der Waals surface area contributed by atoms with E-state index in [-0.39, 0.29) is 78.3 Å². The number of nitrogens with zero attached hydrogens (tertiary/aromatic N) is 7. The number of likely N-dealkylation sites (N-methyl/N-ethyl adjacent to an activating group) is 1. The van der Waals surface area contributed by atoms with Crippen LogP contribution < -0.4 is 36.0 Å². The molecule has 0 spiro atoms. The highest BCUT2D eigenvalue weighted by molar-refractivity contribution is 6.33. The van der Waals surface area contributed by atoms with Gasteiger partial charge in [-0.1, -0.05) is 11.6 Å². The van der Waals surface area contributed by atoms with Crippen molar-refractivity contribution in [2.45, 2.75) is 109 Å². The third-order valence-electron chi connectivity index (χ3n) is 13.8. The summed E-state index contributed by atoms with van der Waals surface area (Å²) in [4.78, 5) is 80.4. The predicted octanol–water partition coefficient (Wildman–Crippen LogP) is 5.08. The standard InChI is InChI=1S/C47H56ClFN10O7/c1-25(2)58-35-8-6-29(18-28(35)19-38(46(58)64)65-24-40(61)50-5)52-43-34(48)22-51-47(54-43)55-14-12-31(13-15-55)66-32-20-30(21-32)56-16-17-57(26(3)23-56)36-9-7-33-41(42(36)49)27(4)59(45(33)63)37-10-11-39(60)53-44(37)62/h6-9,18-19,22,25-27,30-32,37H,10-17,20-21,23-24H2,1-5H3,(H,50,61)(H,51,52,54)(H,53,60,62)/t26-,27-,30-,32-,37?/m1/s1. The van der Waals surface area contributed by atoms with E-state index in [1.54, 1.807) is 35.9 Å². The molecule has 2 aromatic carbocycles. The predicted molar refractivity (Wildman–Crippen MR) is 247 cm³/mol. The highest BCUT2D eigenvalue weighted by Crippen LogP contribution is 2.42. The van der Waals surface area contributed by atoms with E-state index < -0.39 is 23.8 Å². The molecule has 4 aromatic rings. The maximum atomic E-state index is 16.4. The number of pyridine rings is 1. The Labute approximate surface area is 386 Å². The molecule has 4 amide bonds. The van der Waals surface area contributed by atoms with Crippen LogP contribution in [-0.2, 0) is 19.1 Å². The minimum Gasteiger partial charge on any atom is -0.478 e. The summed E-state index contributed by atoms with van der Waals surface area (Å²) in [7, 11) is 1.51. The van der Waals surface area contributed by atoms with Crippen molar-refractivity contribution in [3.63, 3.8) is 0 Å². The number of hydrogen-bond donors (Lipinski definition) is 3. The number of anilines is 4. The topological polar surface area (TPSA) is 184 Å². The normalized spacial score (nSPS) is 23.8. The van der Waals surface area contributed by atoms with Gasteiger partial charge in [0.25, 0.3) is 17.4 Å². The molecule has 5 aliphatic rings. The minimum atomic E-state index is -0.811. The van der Waals surface area contributed by atoms with Crippen molar-refractivity contribution >= 4 is 69.3 Å². The lowest BCUT2D eigenvalue weighted by atomic mass is 9.86. The van der Waals surface area contributed by atoms with Gasteiger partial charge < -0.3 is 39.4 Å². The van der Waals surface area contributed by atoms with Crippen LogP contribution in [0.25, 0.3) is 10.9 Å². The Hall–Kier alpha value is -5.85. The van der Waals surface area contributed by atoms with Gasteiger partial charge >= 0.3 is 0 Å². The Bertz CT molecular complexity index is 2630. The van der Waals surface area contributed by atoms with Crippen LogP contribution in [0.1, 0.15) is 94.2 Å². The molecule has 1 saturated carbocycles. The molecule has 19 heteroatoms. The number of nitrogens with one attached hydrogen (secondary N) is 3. The van der Waals surface area contributed by atoms with Crippen molar-refractivity contribution in [1.82, 2.24) is 35.0 Å². The van der Waals surface area contributed by atoms with Crippen LogP contribution in [0.2, 0.25) is 5.02 Å². The molecular weight excluding hydrogens is 871 g/mol. The van der Waals surface area contributed by atoms with Crippen LogP contribution in [0, 0.1) is 5.82 Å². The van der Waals surface area contributed by atoms with Gasteiger partial charge in [0.05, 0.1) is 35.7 Å². The summed E-state index contributed by atoms with van der Waals surface area (Å²) >= 11 is 6.60. The Morgan fingerprint density at radius 1 is 1.00 bits per heavy atom. The molecule has 9 rings (SSSR count). The van der Waals surface area contributed by atoms with Gasteiger partial charge in [-0.25, -0.2) is 9.37 Å². The SMILES string of the molecule is CNC(=O)COc1cc2cc(Nc3nc(N4CCC(O[C@H]5C[C@H](N6CCN(c7ccc8c(c7F)[C@@H](C)N(C7CCC(=O)NC7=O)C8=O)[C@H](C)C6)C5)CC4)ncc3Cl)ccc2n(C(C)C)c1=O. The van der Waals surface area contributed by atoms with Crippen LogP contribution >= 0.6 is 11.6 Å². The zero-order valence-electron chi connectivity index (χ0n) is 37.8. The fourth-order valence-electron chi connectivity index (χ4n) is 10.3. The summed E-state index contributed by atoms with van der Waals surface area (Å²) in [6.45, 7) is 11.1. The number of imide groups is 1. The van der Waals surface area contributed by atoms with E-state index >= 15 is 4.39 Å². The lowest BCUT2D eigenvalue weighted by Gasteiger charge is -2.49. The van der Waals surface area contributed by atoms with Gasteiger partial charge in [0.15, 0.2) is 24.0 Å². The van der Waals surface area contributed by atoms with Gasteiger partial charge in [-0.2, -0.15) is 4.98 Å². The van der Waals surface area contributed by atoms with Crippen LogP contribution in [0.4, 0.5) is 27.5 Å². The molecule has 0 bridgehead atoms. The van der Waals surface area contributed by atoms with Gasteiger partial charge in [0.1, 0.15) is 11.1 Å². The molecule has 350 valence electrons. The van der Waals surface area contributed by atoms with E-state index in [0.29, 0.717) is 46.3 Å². The Kier molecular flexibility index (Phi) is 12.7. The second-order valence-electron chi connectivity index (χ2n) is 18.3. The maximum Gasteiger partial charge on any atom is 0.293 e. The number of carbonyl (C=O) groups excluding carboxylic acids is 4. The first-order chi connectivity index (χ1) is 31.7. The summed E-state index contributed by atoms with van der Waals surface area (Å²) in [5.74, 6) is -0.924. The van der Waals surface area contributed by atoms with Crippen molar-refractivity contribution in [1.29, 1.82) is 0 Å². The molecule has 3 atom stereocenters. The van der Waals surface area contributed by atoms with Crippen molar-refractivity contribution in [2.24, 2.45) is 0 Å². The number of fused-ring (bicyclic) bond motifs is 2. The number of carbonyl (C=O) groups is 4. The summed E-state index contributed by atoms with van der Waals surface area (Å²) in [5.41, 5.74) is 2.16. The molecule has 2 aromatic heterocycles. The van der Waals surface area contributed by atoms with E-state index in [1.807, 2.05) is 32.0 Å². The zero-order valence-corrected chi connectivity index (χ0v) is 38.6. The fraction of sp³-hybridized carbons (Fsp3) is 0.511. The monoisotopic (exact) mass is 926 g/mol. The Morgan fingerprint density at radius 3 is 2.48 bits per heavy atom. The number of rotatable bonds is 12. The van der Waals surface area contributed by atoms with Gasteiger partial charge in [-0.15, -0.1) is 0 Å². The van der Waals surface area contributed by atoms with E-state index in [0.717, 1.165) is 62.8 Å². The molecule has 3 N–H and O–H groups in total. The lowest BCUT2D eigenvalue weighted by molar-refractivity contribution is -0.137. The van der Waals surface area contributed by atoms with E-state index in [4.69, 9.17) is 26.1 Å². The van der Waals surface area contributed by atoms with Crippen molar-refractivity contribution in [3.05, 3.63) is 74.9 Å². The lowest BCUT2D eigenvalue weighted by Crippen LogP contribution is -2.59. The molecule has 4 aliphatic heterocycles. The number of amides is 4. The van der Waals surface area contributed by atoms with Crippen molar-refractivity contribution < 1.29 is 33.0 Å². The van der Waals surface area contributed by atoms with Gasteiger partial charge in [-0.3, -0.25) is 34.2 Å². The summed E-state index contributed by atoms with van der Waals surface area (Å²) in [6, 6.07) is 9.46. The molecule has 0 radical (unpaired) electrons. The fourth-order valence-corrected chi connectivity index (χ4v) is 10.4. The first-order valence-electron chi connectivity index (χ1n) is 22.9. The first kappa shape index (κ1) is 45.3. The molecule has 3 saturated heterocycles. The summed E-state index contributed by atoms with van der Waals surface area (Å²) in [5, 5.41) is 9.25. The quantitative estimate of drug-likeness (QED) is 0.160. The van der Waals surface area contributed by atoms with Crippen molar-refractivity contribution in [3.8, 4) is 5.75 Å². The number of ether oxygens (including phenoxy) is 2. The van der Waals surface area contributed by atoms with Crippen LogP contribution in [0.5, 0.6) is 5.75 Å². The minimum absolute atomic E-state index is 0.0356. The highest BCUT2D eigenvalue weighted by atomic mass is 35.5. The smallest absolute Gasteiger partial charge is 0.293 e. The average Bonchev–Trinajstić information content (AvgIpc) is 3.53. The van der Waals surface area contributed by atoms with Crippen molar-refractivity contribution in [2.75, 3.05) is 61.5 Å². The Morgan fingerprint density at radius 2 is 1.77 bits per heavy atom. The first-order valence-corrected chi connectivity index (χ1v) is 23.3. The third-order valence-corrected chi connectivity index (χ3v) is 14.1. The number of hydrogen-bond acceptors (Lipinski definition) is 13. The van der Waals surface area contributed by atoms with E-state index in [1.165, 1.54) is 11.9 Å². The number of piperazine rings is 1. The molecule has 1 aliphatic carbocycles. The van der Waals surface area contributed by atoms with Gasteiger partial charge in [0, 0.05) is 86.5 Å². The number of piperidine rings is 2. The largest absolute Gasteiger partial charge is 0.478 e. The summed E-state index contributed by atoms with van der Waals surface area (Å²) < 4.78 is 30.3. The number of benzene rings is 2. The molecule has 4 fully saturated rings. The van der Waals surface area contributed by atoms with Crippen LogP contribution in [-0.4, -0.2) is 125 Å². The highest BCUT2D eigenvalue weighted by Gasteiger charge is 2.46. The second kappa shape index (κ2) is 18.4. The molecule has 66 heavy (non-hydrogen) atoms. The van der Waals surface area contributed by atoms with Crippen LogP contribution in [0.15, 0.2) is 47.4 Å². The van der Waals surface area contributed by atoms with Crippen LogP contribution in [0.3, 0.4) is 0 Å². The Balaban J connectivity index is 0.762. The average molecular weight is 927 g/mol. The molecule has 6 heterocycles. The maximum absolute atomic E-state index is 16.4. The van der Waals surface area contributed by atoms with E-state index in [2.05, 4.69) is 42.6 Å².